The highest BCUT2D eigenvalue weighted by molar-refractivity contribution is 6.05. The minimum absolute atomic E-state index is 0.0838. The van der Waals surface area contributed by atoms with E-state index in [1.54, 1.807) is 24.3 Å². The number of rotatable bonds is 8. The van der Waals surface area contributed by atoms with E-state index in [1.165, 1.54) is 12.3 Å². The van der Waals surface area contributed by atoms with Crippen LogP contribution in [0.15, 0.2) is 41.1 Å². The number of pyridine rings is 1. The van der Waals surface area contributed by atoms with E-state index in [9.17, 15) is 22.4 Å². The number of carbonyl (C=O) groups excluding carboxylic acids is 1. The number of ether oxygens (including phenoxy) is 1. The van der Waals surface area contributed by atoms with Crippen LogP contribution < -0.4 is 5.32 Å². The molecule has 2 heterocycles. The van der Waals surface area contributed by atoms with E-state index in [-0.39, 0.29) is 18.1 Å². The van der Waals surface area contributed by atoms with Gasteiger partial charge in [0.15, 0.2) is 0 Å². The molecule has 1 amide bonds. The second-order valence-electron chi connectivity index (χ2n) is 7.01. The summed E-state index contributed by atoms with van der Waals surface area (Å²) in [5, 5.41) is 7.28. The Kier molecular flexibility index (Phi) is 6.35. The molecule has 0 saturated carbocycles. The van der Waals surface area contributed by atoms with Crippen molar-refractivity contribution < 1.29 is 31.6 Å². The van der Waals surface area contributed by atoms with E-state index >= 15 is 0 Å². The normalized spacial score (nSPS) is 12.1. The van der Waals surface area contributed by atoms with E-state index in [2.05, 4.69) is 15.5 Å². The van der Waals surface area contributed by atoms with Gasteiger partial charge in [-0.15, -0.1) is 0 Å². The van der Waals surface area contributed by atoms with Crippen molar-refractivity contribution >= 4 is 22.7 Å². The quantitative estimate of drug-likeness (QED) is 0.513. The van der Waals surface area contributed by atoms with Crippen LogP contribution in [-0.4, -0.2) is 35.0 Å². The first kappa shape index (κ1) is 21.7. The number of fused-ring (bicyclic) bond motifs is 1. The standard InChI is InChI=1S/C20H19F4N3O3/c1-11(2)16-15-7-13(8-25-18(15)30-27-16)17(28)26-14-5-3-4-12(6-14)9-29-10-20(23,24)19(21)22/h3-8,11,19H,9-10H2,1-2H3,(H,26,28). The highest BCUT2D eigenvalue weighted by atomic mass is 19.3. The molecule has 0 aliphatic rings. The summed E-state index contributed by atoms with van der Waals surface area (Å²) in [6.07, 6.45) is -2.44. The Hall–Kier alpha value is -3.01. The number of amides is 1. The topological polar surface area (TPSA) is 77.2 Å². The molecule has 0 atom stereocenters. The lowest BCUT2D eigenvalue weighted by atomic mass is 10.1. The molecule has 2 aromatic heterocycles. The van der Waals surface area contributed by atoms with Crippen LogP contribution in [0.2, 0.25) is 0 Å². The molecule has 1 N–H and O–H groups in total. The molecular formula is C20H19F4N3O3. The van der Waals surface area contributed by atoms with Crippen LogP contribution in [0.25, 0.3) is 11.1 Å². The highest BCUT2D eigenvalue weighted by Crippen LogP contribution is 2.25. The summed E-state index contributed by atoms with van der Waals surface area (Å²) in [7, 11) is 0. The summed E-state index contributed by atoms with van der Waals surface area (Å²) in [4.78, 5) is 16.7. The van der Waals surface area contributed by atoms with E-state index in [0.29, 0.717) is 28.0 Å². The van der Waals surface area contributed by atoms with Crippen LogP contribution in [-0.2, 0) is 11.3 Å². The molecule has 0 aliphatic carbocycles. The maximum atomic E-state index is 12.9. The van der Waals surface area contributed by atoms with Gasteiger partial charge in [-0.1, -0.05) is 31.1 Å². The minimum Gasteiger partial charge on any atom is -0.370 e. The molecule has 160 valence electrons. The third kappa shape index (κ3) is 4.93. The van der Waals surface area contributed by atoms with Crippen LogP contribution in [0.5, 0.6) is 0 Å². The van der Waals surface area contributed by atoms with Crippen molar-refractivity contribution in [2.75, 3.05) is 11.9 Å². The highest BCUT2D eigenvalue weighted by Gasteiger charge is 2.40. The number of benzene rings is 1. The van der Waals surface area contributed by atoms with Gasteiger partial charge in [0.25, 0.3) is 11.6 Å². The van der Waals surface area contributed by atoms with Gasteiger partial charge in [-0.3, -0.25) is 4.79 Å². The maximum absolute atomic E-state index is 12.9. The fraction of sp³-hybridized carbons (Fsp3) is 0.350. The second-order valence-corrected chi connectivity index (χ2v) is 7.01. The lowest BCUT2D eigenvalue weighted by molar-refractivity contribution is -0.168. The molecule has 0 fully saturated rings. The maximum Gasteiger partial charge on any atom is 0.330 e. The molecule has 0 spiro atoms. The number of carbonyl (C=O) groups is 1. The van der Waals surface area contributed by atoms with Gasteiger partial charge in [0, 0.05) is 11.9 Å². The first-order valence-corrected chi connectivity index (χ1v) is 9.06. The number of hydrogen-bond acceptors (Lipinski definition) is 5. The van der Waals surface area contributed by atoms with Crippen LogP contribution in [0.3, 0.4) is 0 Å². The Balaban J connectivity index is 1.68. The summed E-state index contributed by atoms with van der Waals surface area (Å²) in [6.45, 7) is 2.17. The third-order valence-electron chi connectivity index (χ3n) is 4.23. The van der Waals surface area contributed by atoms with Gasteiger partial charge in [-0.05, 0) is 29.7 Å². The number of nitrogens with one attached hydrogen (secondary N) is 1. The van der Waals surface area contributed by atoms with E-state index in [1.807, 2.05) is 13.8 Å². The molecule has 0 saturated heterocycles. The number of hydrogen-bond donors (Lipinski definition) is 1. The summed E-state index contributed by atoms with van der Waals surface area (Å²) in [5.41, 5.74) is 2.12. The van der Waals surface area contributed by atoms with Crippen molar-refractivity contribution in [3.63, 3.8) is 0 Å². The molecule has 0 aliphatic heterocycles. The fourth-order valence-corrected chi connectivity index (χ4v) is 2.70. The number of nitrogens with zero attached hydrogens (tertiary/aromatic N) is 2. The zero-order chi connectivity index (χ0) is 21.9. The molecule has 0 bridgehead atoms. The summed E-state index contributed by atoms with van der Waals surface area (Å²) in [5.74, 6) is -4.57. The summed E-state index contributed by atoms with van der Waals surface area (Å²) >= 11 is 0. The van der Waals surface area contributed by atoms with Gasteiger partial charge < -0.3 is 14.6 Å². The van der Waals surface area contributed by atoms with Crippen LogP contribution in [0.4, 0.5) is 23.2 Å². The number of aromatic nitrogens is 2. The molecule has 1 aromatic carbocycles. The first-order valence-electron chi connectivity index (χ1n) is 9.06. The average Bonchev–Trinajstić information content (AvgIpc) is 3.11. The molecular weight excluding hydrogens is 406 g/mol. The monoisotopic (exact) mass is 425 g/mol. The van der Waals surface area contributed by atoms with Crippen molar-refractivity contribution in [3.05, 3.63) is 53.3 Å². The van der Waals surface area contributed by atoms with E-state index in [4.69, 9.17) is 9.26 Å². The van der Waals surface area contributed by atoms with E-state index in [0.717, 1.165) is 0 Å². The number of alkyl halides is 4. The Morgan fingerprint density at radius 3 is 2.73 bits per heavy atom. The Morgan fingerprint density at radius 1 is 1.27 bits per heavy atom. The summed E-state index contributed by atoms with van der Waals surface area (Å²) in [6, 6.07) is 7.87. The molecule has 3 aromatic rings. The van der Waals surface area contributed by atoms with Crippen molar-refractivity contribution in [1.82, 2.24) is 10.1 Å². The molecule has 3 rings (SSSR count). The largest absolute Gasteiger partial charge is 0.370 e. The van der Waals surface area contributed by atoms with Crippen LogP contribution in [0, 0.1) is 0 Å². The zero-order valence-corrected chi connectivity index (χ0v) is 16.2. The predicted molar refractivity (Wildman–Crippen MR) is 101 cm³/mol. The van der Waals surface area contributed by atoms with Gasteiger partial charge in [-0.25, -0.2) is 13.8 Å². The van der Waals surface area contributed by atoms with Gasteiger partial charge in [0.05, 0.1) is 23.3 Å². The van der Waals surface area contributed by atoms with Crippen LogP contribution in [0.1, 0.15) is 41.4 Å². The Morgan fingerprint density at radius 2 is 2.03 bits per heavy atom. The van der Waals surface area contributed by atoms with Gasteiger partial charge in [0.1, 0.15) is 6.61 Å². The molecule has 10 heteroatoms. The fourth-order valence-electron chi connectivity index (χ4n) is 2.70. The second kappa shape index (κ2) is 8.78. The molecule has 30 heavy (non-hydrogen) atoms. The number of anilines is 1. The van der Waals surface area contributed by atoms with Crippen molar-refractivity contribution in [2.24, 2.45) is 0 Å². The zero-order valence-electron chi connectivity index (χ0n) is 16.2. The first-order chi connectivity index (χ1) is 14.2. The molecule has 0 unspecified atom stereocenters. The van der Waals surface area contributed by atoms with Gasteiger partial charge in [0.2, 0.25) is 0 Å². The smallest absolute Gasteiger partial charge is 0.330 e. The lowest BCUT2D eigenvalue weighted by Crippen LogP contribution is -2.32. The Bertz CT molecular complexity index is 1040. The van der Waals surface area contributed by atoms with Crippen LogP contribution >= 0.6 is 0 Å². The van der Waals surface area contributed by atoms with Crippen molar-refractivity contribution in [2.45, 2.75) is 38.7 Å². The minimum atomic E-state index is -4.21. The van der Waals surface area contributed by atoms with Crippen molar-refractivity contribution in [3.8, 4) is 0 Å². The number of halogens is 4. The van der Waals surface area contributed by atoms with E-state index < -0.39 is 24.9 Å². The Labute approximate surface area is 169 Å². The SMILES string of the molecule is CC(C)c1noc2ncc(C(=O)Nc3cccc(COCC(F)(F)C(F)F)c3)cc12. The molecule has 6 nitrogen and oxygen atoms in total. The average molecular weight is 425 g/mol. The molecule has 0 radical (unpaired) electrons. The predicted octanol–water partition coefficient (Wildman–Crippen LogP) is 5.02. The summed E-state index contributed by atoms with van der Waals surface area (Å²) < 4.78 is 60.0. The third-order valence-corrected chi connectivity index (χ3v) is 4.23. The van der Waals surface area contributed by atoms with Crippen molar-refractivity contribution in [1.29, 1.82) is 0 Å². The lowest BCUT2D eigenvalue weighted by Gasteiger charge is -2.15. The van der Waals surface area contributed by atoms with Gasteiger partial charge >= 0.3 is 12.3 Å². The van der Waals surface area contributed by atoms with Gasteiger partial charge in [-0.2, -0.15) is 8.78 Å².